The van der Waals surface area contributed by atoms with Gasteiger partial charge in [-0.15, -0.1) is 0 Å². The predicted molar refractivity (Wildman–Crippen MR) is 138 cm³/mol. The first kappa shape index (κ1) is 23.4. The number of benzene rings is 1. The molecule has 0 aliphatic rings. The summed E-state index contributed by atoms with van der Waals surface area (Å²) in [5, 5.41) is 20.0. The third kappa shape index (κ3) is 4.27. The van der Waals surface area contributed by atoms with E-state index in [1.165, 1.54) is 18.6 Å². The van der Waals surface area contributed by atoms with Crippen molar-refractivity contribution in [3.8, 4) is 28.3 Å². The van der Waals surface area contributed by atoms with Crippen LogP contribution in [0.5, 0.6) is 5.88 Å². The molecule has 2 N–H and O–H groups in total. The number of aromatic carboxylic acids is 1. The molecule has 0 amide bonds. The zero-order valence-electron chi connectivity index (χ0n) is 20.1. The van der Waals surface area contributed by atoms with E-state index in [0.717, 1.165) is 50.1 Å². The van der Waals surface area contributed by atoms with Crippen molar-refractivity contribution in [1.29, 1.82) is 0 Å². The van der Waals surface area contributed by atoms with Crippen LogP contribution < -0.4 is 10.1 Å². The minimum Gasteiger partial charge on any atom is -0.481 e. The quantitative estimate of drug-likeness (QED) is 0.280. The van der Waals surface area contributed by atoms with Crippen LogP contribution in [0.15, 0.2) is 52.7 Å². The van der Waals surface area contributed by atoms with Gasteiger partial charge in [0.25, 0.3) is 0 Å². The van der Waals surface area contributed by atoms with Crippen molar-refractivity contribution < 1.29 is 19.2 Å². The molecular weight excluding hydrogens is 478 g/mol. The van der Waals surface area contributed by atoms with Crippen molar-refractivity contribution in [3.63, 3.8) is 0 Å². The lowest BCUT2D eigenvalue weighted by Gasteiger charge is -2.20. The van der Waals surface area contributed by atoms with Crippen LogP contribution in [0.4, 0.5) is 5.69 Å². The second-order valence-electron chi connectivity index (χ2n) is 8.45. The number of methoxy groups -OCH3 is 1. The number of aryl methyl sites for hydroxylation is 2. The third-order valence-electron chi connectivity index (χ3n) is 5.98. The lowest BCUT2D eigenvalue weighted by atomic mass is 9.94. The first-order valence-electron chi connectivity index (χ1n) is 11.2. The summed E-state index contributed by atoms with van der Waals surface area (Å²) >= 11 is 1.37. The molecule has 1 aromatic carbocycles. The van der Waals surface area contributed by atoms with Crippen LogP contribution in [0.3, 0.4) is 0 Å². The van der Waals surface area contributed by atoms with E-state index in [2.05, 4.69) is 32.0 Å². The lowest BCUT2D eigenvalue weighted by molar-refractivity contribution is 0.0690. The highest BCUT2D eigenvalue weighted by Crippen LogP contribution is 2.38. The van der Waals surface area contributed by atoms with Gasteiger partial charge in [0.2, 0.25) is 5.88 Å². The van der Waals surface area contributed by atoms with Gasteiger partial charge in [-0.2, -0.15) is 0 Å². The molecule has 4 heterocycles. The van der Waals surface area contributed by atoms with Crippen LogP contribution >= 0.6 is 11.5 Å². The largest absolute Gasteiger partial charge is 0.481 e. The molecule has 0 saturated heterocycles. The molecule has 0 aliphatic heterocycles. The monoisotopic (exact) mass is 501 g/mol. The summed E-state index contributed by atoms with van der Waals surface area (Å²) in [6.07, 6.45) is 3.43. The van der Waals surface area contributed by atoms with Crippen LogP contribution in [0.2, 0.25) is 0 Å². The molecule has 182 valence electrons. The fourth-order valence-corrected chi connectivity index (χ4v) is 4.77. The highest BCUT2D eigenvalue weighted by Gasteiger charge is 2.21. The van der Waals surface area contributed by atoms with Crippen molar-refractivity contribution in [2.75, 3.05) is 12.4 Å². The lowest BCUT2D eigenvalue weighted by Crippen LogP contribution is -2.13. The van der Waals surface area contributed by atoms with Gasteiger partial charge in [-0.3, -0.25) is 0 Å². The van der Waals surface area contributed by atoms with Gasteiger partial charge in [0.15, 0.2) is 5.69 Å². The van der Waals surface area contributed by atoms with Crippen LogP contribution in [0, 0.1) is 13.8 Å². The van der Waals surface area contributed by atoms with Gasteiger partial charge >= 0.3 is 5.97 Å². The average Bonchev–Trinajstić information content (AvgIpc) is 3.54. The molecular formula is C26H23N5O4S. The average molecular weight is 502 g/mol. The van der Waals surface area contributed by atoms with E-state index in [9.17, 15) is 9.90 Å². The molecule has 0 unspecified atom stereocenters. The van der Waals surface area contributed by atoms with Gasteiger partial charge < -0.3 is 19.7 Å². The van der Waals surface area contributed by atoms with E-state index in [1.54, 1.807) is 18.4 Å². The summed E-state index contributed by atoms with van der Waals surface area (Å²) in [5.41, 5.74) is 7.32. The molecule has 0 bridgehead atoms. The number of rotatable bonds is 7. The van der Waals surface area contributed by atoms with Gasteiger partial charge in [0.1, 0.15) is 6.26 Å². The molecule has 36 heavy (non-hydrogen) atoms. The van der Waals surface area contributed by atoms with E-state index >= 15 is 0 Å². The van der Waals surface area contributed by atoms with Gasteiger partial charge in [-0.05, 0) is 61.6 Å². The smallest absolute Gasteiger partial charge is 0.356 e. The maximum absolute atomic E-state index is 11.8. The Morgan fingerprint density at radius 2 is 2.00 bits per heavy atom. The molecule has 10 heteroatoms. The molecule has 5 aromatic rings. The Morgan fingerprint density at radius 3 is 2.67 bits per heavy atom. The molecule has 0 radical (unpaired) electrons. The second-order valence-corrected chi connectivity index (χ2v) is 9.11. The topological polar surface area (TPSA) is 123 Å². The molecule has 0 spiro atoms. The number of nitrogens with zero attached hydrogens (tertiary/aromatic N) is 4. The highest BCUT2D eigenvalue weighted by atomic mass is 32.1. The Morgan fingerprint density at radius 1 is 1.17 bits per heavy atom. The van der Waals surface area contributed by atoms with Gasteiger partial charge in [0.05, 0.1) is 35.3 Å². The van der Waals surface area contributed by atoms with Crippen molar-refractivity contribution in [1.82, 2.24) is 19.5 Å². The van der Waals surface area contributed by atoms with Crippen LogP contribution in [-0.4, -0.2) is 37.7 Å². The van der Waals surface area contributed by atoms with Crippen LogP contribution in [0.25, 0.3) is 33.3 Å². The summed E-state index contributed by atoms with van der Waals surface area (Å²) in [6, 6.07) is 9.26. The third-order valence-corrected chi connectivity index (χ3v) is 6.57. The van der Waals surface area contributed by atoms with Crippen molar-refractivity contribution in [2.24, 2.45) is 0 Å². The minimum absolute atomic E-state index is 0.105. The summed E-state index contributed by atoms with van der Waals surface area (Å²) in [5.74, 6) is -0.901. The number of anilines is 1. The summed E-state index contributed by atoms with van der Waals surface area (Å²) < 4.78 is 14.6. The number of fused-ring (bicyclic) bond motifs is 1. The highest BCUT2D eigenvalue weighted by molar-refractivity contribution is 7.03. The number of carbonyl (C=O) groups is 1. The summed E-state index contributed by atoms with van der Waals surface area (Å²) in [6.45, 7) is 5.88. The fourth-order valence-electron chi connectivity index (χ4n) is 4.24. The van der Waals surface area contributed by atoms with Crippen molar-refractivity contribution >= 4 is 34.1 Å². The number of pyridine rings is 2. The van der Waals surface area contributed by atoms with E-state index < -0.39 is 5.97 Å². The number of aromatic nitrogens is 4. The maximum atomic E-state index is 11.8. The SMILES string of the molecule is COc1ccc(N[C@H](C)c2cc(C)cc3nc(-c4conc4C)c(-c4cnsc4)cc23)c(C(=O)O)n1. The number of nitrogens with one attached hydrogen (secondary N) is 1. The predicted octanol–water partition coefficient (Wildman–Crippen LogP) is 5.91. The fraction of sp³-hybridized carbons (Fsp3) is 0.192. The zero-order valence-corrected chi connectivity index (χ0v) is 20.9. The van der Waals surface area contributed by atoms with Crippen molar-refractivity contribution in [3.05, 3.63) is 70.7 Å². The zero-order chi connectivity index (χ0) is 25.4. The van der Waals surface area contributed by atoms with E-state index in [-0.39, 0.29) is 17.6 Å². The van der Waals surface area contributed by atoms with Crippen LogP contribution in [-0.2, 0) is 0 Å². The van der Waals surface area contributed by atoms with Gasteiger partial charge in [0, 0.05) is 40.2 Å². The Labute approximate surface area is 210 Å². The molecule has 0 fully saturated rings. The summed E-state index contributed by atoms with van der Waals surface area (Å²) in [7, 11) is 1.45. The van der Waals surface area contributed by atoms with Crippen LogP contribution in [0.1, 0.15) is 40.3 Å². The standard InChI is InChI=1S/C26H23N5O4S/c1-13-7-17(14(2)28-21-5-6-23(34-4)30-25(21)26(32)33)19-9-18(16-10-27-36-12-16)24(29-22(19)8-13)20-11-35-31-15(20)3/h5-12,14,28H,1-4H3,(H,32,33)/t14-/m1/s1. The molecule has 0 aliphatic carbocycles. The van der Waals surface area contributed by atoms with E-state index in [0.29, 0.717) is 5.69 Å². The van der Waals surface area contributed by atoms with Gasteiger partial charge in [-0.1, -0.05) is 11.2 Å². The molecule has 4 aromatic heterocycles. The Kier molecular flexibility index (Phi) is 6.11. The Balaban J connectivity index is 1.66. The first-order chi connectivity index (χ1) is 17.4. The maximum Gasteiger partial charge on any atom is 0.356 e. The normalized spacial score (nSPS) is 12.0. The summed E-state index contributed by atoms with van der Waals surface area (Å²) in [4.78, 5) is 21.0. The first-order valence-corrected chi connectivity index (χ1v) is 12.0. The van der Waals surface area contributed by atoms with E-state index in [4.69, 9.17) is 14.2 Å². The van der Waals surface area contributed by atoms with Crippen molar-refractivity contribution in [2.45, 2.75) is 26.8 Å². The Hall–Kier alpha value is -4.31. The molecule has 9 nitrogen and oxygen atoms in total. The van der Waals surface area contributed by atoms with Gasteiger partial charge in [-0.25, -0.2) is 19.1 Å². The van der Waals surface area contributed by atoms with E-state index in [1.807, 2.05) is 38.4 Å². The number of ether oxygens (including phenoxy) is 1. The second kappa shape index (κ2) is 9.38. The number of carboxylic acids is 1. The molecule has 1 atom stereocenters. The Bertz CT molecular complexity index is 1580. The molecule has 0 saturated carbocycles. The minimum atomic E-state index is -1.14. The number of carboxylic acid groups (broad SMARTS) is 1. The molecule has 5 rings (SSSR count). The number of hydrogen-bond acceptors (Lipinski definition) is 9. The number of hydrogen-bond donors (Lipinski definition) is 2.